The van der Waals surface area contributed by atoms with Crippen molar-refractivity contribution in [3.8, 4) is 0 Å². The highest BCUT2D eigenvalue weighted by Gasteiger charge is 2.52. The lowest BCUT2D eigenvalue weighted by Gasteiger charge is -2.13. The Labute approximate surface area is 101 Å². The van der Waals surface area contributed by atoms with Gasteiger partial charge in [-0.05, 0) is 12.8 Å². The number of rotatable bonds is 5. The number of carbonyl (C=O) groups is 2. The second kappa shape index (κ2) is 5.14. The Morgan fingerprint density at radius 3 is 2.18 bits per heavy atom. The first-order chi connectivity index (χ1) is 7.84. The minimum atomic E-state index is -4.52. The molecule has 2 unspecified atom stereocenters. The van der Waals surface area contributed by atoms with Crippen LogP contribution in [-0.2, 0) is 19.7 Å². The fourth-order valence-electron chi connectivity index (χ4n) is 2.02. The number of amides is 2. The Balaban J connectivity index is 3.02. The van der Waals surface area contributed by atoms with E-state index in [2.05, 4.69) is 0 Å². The molecule has 0 radical (unpaired) electrons. The van der Waals surface area contributed by atoms with Crippen LogP contribution in [0.4, 0.5) is 0 Å². The minimum absolute atomic E-state index is 0.219. The predicted octanol–water partition coefficient (Wildman–Crippen LogP) is 0.438. The van der Waals surface area contributed by atoms with Crippen LogP contribution in [0.2, 0.25) is 0 Å². The topological polar surface area (TPSA) is 91.8 Å². The summed E-state index contributed by atoms with van der Waals surface area (Å²) in [6.45, 7) is 3.75. The average molecular weight is 263 g/mol. The molecule has 0 aliphatic carbocycles. The first-order valence-electron chi connectivity index (χ1n) is 5.66. The summed E-state index contributed by atoms with van der Waals surface area (Å²) in [6, 6.07) is 0. The maximum absolute atomic E-state index is 11.8. The zero-order chi connectivity index (χ0) is 13.2. The van der Waals surface area contributed by atoms with Crippen LogP contribution in [0.5, 0.6) is 0 Å². The van der Waals surface area contributed by atoms with Gasteiger partial charge in [-0.15, -0.1) is 0 Å². The second-order valence-corrected chi connectivity index (χ2v) is 5.67. The maximum atomic E-state index is 11.8. The number of hydrogen-bond donors (Lipinski definition) is 1. The number of imide groups is 1. The number of unbranched alkanes of at least 4 members (excludes halogenated alkanes) is 1. The second-order valence-electron chi connectivity index (χ2n) is 4.13. The van der Waals surface area contributed by atoms with Crippen LogP contribution >= 0.6 is 0 Å². The maximum Gasteiger partial charge on any atom is 0.277 e. The van der Waals surface area contributed by atoms with Gasteiger partial charge in [-0.3, -0.25) is 19.0 Å². The molecule has 6 nitrogen and oxygen atoms in total. The first-order valence-corrected chi connectivity index (χ1v) is 7.16. The van der Waals surface area contributed by atoms with E-state index >= 15 is 0 Å². The Morgan fingerprint density at radius 2 is 1.82 bits per heavy atom. The lowest BCUT2D eigenvalue weighted by atomic mass is 10.1. The lowest BCUT2D eigenvalue weighted by molar-refractivity contribution is -0.139. The van der Waals surface area contributed by atoms with E-state index in [0.717, 1.165) is 11.3 Å². The first kappa shape index (κ1) is 14.1. The van der Waals surface area contributed by atoms with E-state index in [1.807, 2.05) is 6.92 Å². The summed E-state index contributed by atoms with van der Waals surface area (Å²) in [4.78, 5) is 24.6. The quantitative estimate of drug-likeness (QED) is 0.574. The molecule has 2 amide bonds. The van der Waals surface area contributed by atoms with Crippen LogP contribution in [0.25, 0.3) is 0 Å². The van der Waals surface area contributed by atoms with Crippen LogP contribution in [0.3, 0.4) is 0 Å². The van der Waals surface area contributed by atoms with E-state index in [0.29, 0.717) is 6.42 Å². The number of nitrogens with zero attached hydrogens (tertiary/aromatic N) is 1. The van der Waals surface area contributed by atoms with Crippen LogP contribution in [0.15, 0.2) is 0 Å². The van der Waals surface area contributed by atoms with Crippen molar-refractivity contribution in [2.75, 3.05) is 6.54 Å². The van der Waals surface area contributed by atoms with E-state index in [4.69, 9.17) is 4.55 Å². The van der Waals surface area contributed by atoms with Gasteiger partial charge in [0.05, 0.1) is 5.92 Å². The molecule has 1 rings (SSSR count). The van der Waals surface area contributed by atoms with Gasteiger partial charge in [-0.2, -0.15) is 8.42 Å². The molecule has 1 fully saturated rings. The van der Waals surface area contributed by atoms with Gasteiger partial charge in [0, 0.05) is 6.54 Å². The monoisotopic (exact) mass is 263 g/mol. The van der Waals surface area contributed by atoms with Crippen LogP contribution in [-0.4, -0.2) is 41.5 Å². The Hall–Kier alpha value is -0.950. The fourth-order valence-corrected chi connectivity index (χ4v) is 3.13. The molecular formula is C10H17NO5S. The predicted molar refractivity (Wildman–Crippen MR) is 60.7 cm³/mol. The molecule has 0 aromatic heterocycles. The van der Waals surface area contributed by atoms with Crippen molar-refractivity contribution in [2.24, 2.45) is 5.92 Å². The molecule has 7 heteroatoms. The highest BCUT2D eigenvalue weighted by Crippen LogP contribution is 2.28. The van der Waals surface area contributed by atoms with Gasteiger partial charge in [0.15, 0.2) is 5.25 Å². The molecule has 1 aliphatic heterocycles. The van der Waals surface area contributed by atoms with Crippen molar-refractivity contribution in [1.29, 1.82) is 0 Å². The number of carbonyl (C=O) groups excluding carboxylic acids is 2. The van der Waals surface area contributed by atoms with Gasteiger partial charge in [-0.1, -0.05) is 20.3 Å². The zero-order valence-electron chi connectivity index (χ0n) is 9.92. The molecule has 2 atom stereocenters. The molecule has 1 heterocycles. The molecule has 0 aromatic rings. The summed E-state index contributed by atoms with van der Waals surface area (Å²) in [7, 11) is -4.52. The van der Waals surface area contributed by atoms with Gasteiger partial charge < -0.3 is 0 Å². The van der Waals surface area contributed by atoms with Gasteiger partial charge in [0.1, 0.15) is 0 Å². The molecule has 0 aromatic carbocycles. The lowest BCUT2D eigenvalue weighted by Crippen LogP contribution is -2.35. The highest BCUT2D eigenvalue weighted by molar-refractivity contribution is 7.87. The Bertz CT molecular complexity index is 416. The van der Waals surface area contributed by atoms with Gasteiger partial charge in [0.25, 0.3) is 16.0 Å². The summed E-state index contributed by atoms with van der Waals surface area (Å²) in [5.41, 5.74) is 0. The normalized spacial score (nSPS) is 25.7. The van der Waals surface area contributed by atoms with Crippen molar-refractivity contribution in [1.82, 2.24) is 4.90 Å². The summed E-state index contributed by atoms with van der Waals surface area (Å²) >= 11 is 0. The van der Waals surface area contributed by atoms with Gasteiger partial charge in [-0.25, -0.2) is 0 Å². The SMILES string of the molecule is CCCCN1C(=O)C(CC)C(S(=O)(=O)O)C1=O. The summed E-state index contributed by atoms with van der Waals surface area (Å²) in [5, 5.41) is -1.61. The zero-order valence-corrected chi connectivity index (χ0v) is 10.7. The van der Waals surface area contributed by atoms with Crippen molar-refractivity contribution in [2.45, 2.75) is 38.4 Å². The molecule has 0 spiro atoms. The van der Waals surface area contributed by atoms with Crippen LogP contribution in [0, 0.1) is 5.92 Å². The third kappa shape index (κ3) is 2.66. The van der Waals surface area contributed by atoms with Crippen LogP contribution in [0.1, 0.15) is 33.1 Å². The van der Waals surface area contributed by atoms with Crippen molar-refractivity contribution in [3.05, 3.63) is 0 Å². The molecule has 98 valence electrons. The molecule has 1 saturated heterocycles. The molecule has 17 heavy (non-hydrogen) atoms. The van der Waals surface area contributed by atoms with Gasteiger partial charge >= 0.3 is 0 Å². The van der Waals surface area contributed by atoms with Crippen LogP contribution < -0.4 is 0 Å². The van der Waals surface area contributed by atoms with E-state index in [1.165, 1.54) is 0 Å². The summed E-state index contributed by atoms with van der Waals surface area (Å²) in [5.74, 6) is -2.24. The number of likely N-dealkylation sites (tertiary alicyclic amines) is 1. The van der Waals surface area contributed by atoms with Crippen molar-refractivity contribution < 1.29 is 22.6 Å². The summed E-state index contributed by atoms with van der Waals surface area (Å²) < 4.78 is 31.3. The molecule has 0 saturated carbocycles. The average Bonchev–Trinajstić information content (AvgIpc) is 2.47. The molecule has 1 aliphatic rings. The van der Waals surface area contributed by atoms with E-state index in [9.17, 15) is 18.0 Å². The van der Waals surface area contributed by atoms with E-state index < -0.39 is 33.1 Å². The third-order valence-electron chi connectivity index (χ3n) is 2.95. The third-order valence-corrected chi connectivity index (χ3v) is 4.13. The Kier molecular flexibility index (Phi) is 4.26. The van der Waals surface area contributed by atoms with E-state index in [1.54, 1.807) is 6.92 Å². The fraction of sp³-hybridized carbons (Fsp3) is 0.800. The Morgan fingerprint density at radius 1 is 1.24 bits per heavy atom. The highest BCUT2D eigenvalue weighted by atomic mass is 32.2. The smallest absolute Gasteiger partial charge is 0.277 e. The minimum Gasteiger partial charge on any atom is -0.285 e. The molecule has 1 N–H and O–H groups in total. The standard InChI is InChI=1S/C10H17NO5S/c1-3-5-6-11-9(12)7(4-2)8(10(11)13)17(14,15)16/h7-8H,3-6H2,1-2H3,(H,14,15,16). The van der Waals surface area contributed by atoms with Crippen molar-refractivity contribution >= 4 is 21.9 Å². The molecular weight excluding hydrogens is 246 g/mol. The number of hydrogen-bond acceptors (Lipinski definition) is 4. The van der Waals surface area contributed by atoms with Gasteiger partial charge in [0.2, 0.25) is 5.91 Å². The summed E-state index contributed by atoms with van der Waals surface area (Å²) in [6.07, 6.45) is 1.65. The largest absolute Gasteiger partial charge is 0.285 e. The van der Waals surface area contributed by atoms with Crippen molar-refractivity contribution in [3.63, 3.8) is 0 Å². The molecule has 0 bridgehead atoms. The van der Waals surface area contributed by atoms with E-state index in [-0.39, 0.29) is 13.0 Å².